The summed E-state index contributed by atoms with van der Waals surface area (Å²) in [5.74, 6) is 2.27. The Kier molecular flexibility index (Phi) is 7.23. The Morgan fingerprint density at radius 2 is 1.79 bits per heavy atom. The maximum Gasteiger partial charge on any atom is 0.248 e. The van der Waals surface area contributed by atoms with Crippen molar-refractivity contribution in [1.82, 2.24) is 29.9 Å². The first-order chi connectivity index (χ1) is 20.5. The minimum Gasteiger partial charge on any atom is -0.369 e. The molecule has 4 heterocycles. The van der Waals surface area contributed by atoms with E-state index in [1.54, 1.807) is 0 Å². The van der Waals surface area contributed by atoms with Crippen molar-refractivity contribution in [3.05, 3.63) is 64.5 Å². The van der Waals surface area contributed by atoms with Crippen molar-refractivity contribution in [2.45, 2.75) is 44.9 Å². The molecular weight excluding hydrogens is 529 g/mol. The van der Waals surface area contributed by atoms with E-state index in [0.717, 1.165) is 67.6 Å². The van der Waals surface area contributed by atoms with Gasteiger partial charge in [-0.25, -0.2) is 4.39 Å². The number of hydrogen-bond acceptors (Lipinski definition) is 8. The van der Waals surface area contributed by atoms with Crippen LogP contribution in [0.2, 0.25) is 0 Å². The SMILES string of the molecule is CN1CCC(C2CCN(c3ccc(Nc4nc(N)n(-c5cc6c(nn5)=C5CC=CC=C5CCC=6)n4)cc3F)CC2)CC1. The molecule has 1 aromatic carbocycles. The molecule has 0 radical (unpaired) electrons. The molecule has 4 aliphatic rings. The molecule has 42 heavy (non-hydrogen) atoms. The zero-order valence-corrected chi connectivity index (χ0v) is 24.1. The largest absolute Gasteiger partial charge is 0.369 e. The van der Waals surface area contributed by atoms with Crippen LogP contribution in [0.25, 0.3) is 17.5 Å². The Balaban J connectivity index is 1.04. The lowest BCUT2D eigenvalue weighted by Gasteiger charge is -2.40. The fourth-order valence-corrected chi connectivity index (χ4v) is 6.98. The van der Waals surface area contributed by atoms with E-state index in [2.05, 4.69) is 66.7 Å². The molecular formula is C32H38FN9. The Bertz CT molecular complexity index is 1660. The molecule has 2 aliphatic carbocycles. The van der Waals surface area contributed by atoms with Crippen molar-refractivity contribution in [3.8, 4) is 5.82 Å². The molecule has 9 nitrogen and oxygen atoms in total. The summed E-state index contributed by atoms with van der Waals surface area (Å²) >= 11 is 0. The van der Waals surface area contributed by atoms with Crippen molar-refractivity contribution in [1.29, 1.82) is 0 Å². The number of rotatable bonds is 5. The first kappa shape index (κ1) is 26.8. The molecule has 7 rings (SSSR count). The Labute approximate surface area is 245 Å². The quantitative estimate of drug-likeness (QED) is 0.482. The van der Waals surface area contributed by atoms with Gasteiger partial charge < -0.3 is 20.9 Å². The first-order valence-corrected chi connectivity index (χ1v) is 15.2. The molecule has 0 bridgehead atoms. The van der Waals surface area contributed by atoms with Gasteiger partial charge in [0.15, 0.2) is 5.82 Å². The minimum absolute atomic E-state index is 0.179. The second-order valence-corrected chi connectivity index (χ2v) is 12.0. The van der Waals surface area contributed by atoms with Crippen LogP contribution in [-0.2, 0) is 0 Å². The van der Waals surface area contributed by atoms with Gasteiger partial charge in [0.2, 0.25) is 11.9 Å². The summed E-state index contributed by atoms with van der Waals surface area (Å²) in [6.07, 6.45) is 16.2. The zero-order valence-electron chi connectivity index (χ0n) is 24.1. The molecule has 0 spiro atoms. The number of aromatic nitrogens is 5. The monoisotopic (exact) mass is 567 g/mol. The smallest absolute Gasteiger partial charge is 0.248 e. The number of allylic oxidation sites excluding steroid dienone is 4. The summed E-state index contributed by atoms with van der Waals surface area (Å²) in [6.45, 7) is 4.19. The van der Waals surface area contributed by atoms with Gasteiger partial charge in [-0.3, -0.25) is 0 Å². The number of likely N-dealkylation sites (tertiary alicyclic amines) is 1. The van der Waals surface area contributed by atoms with E-state index in [-0.39, 0.29) is 17.7 Å². The van der Waals surface area contributed by atoms with Gasteiger partial charge in [-0.15, -0.1) is 15.3 Å². The summed E-state index contributed by atoms with van der Waals surface area (Å²) in [7, 11) is 2.21. The van der Waals surface area contributed by atoms with Crippen LogP contribution in [0.3, 0.4) is 0 Å². The maximum absolute atomic E-state index is 15.3. The van der Waals surface area contributed by atoms with Crippen LogP contribution >= 0.6 is 0 Å². The number of nitrogens with zero attached hydrogens (tertiary/aromatic N) is 7. The number of nitrogen functional groups attached to an aromatic ring is 1. The summed E-state index contributed by atoms with van der Waals surface area (Å²) in [5, 5.41) is 18.5. The number of nitrogens with one attached hydrogen (secondary N) is 1. The maximum atomic E-state index is 15.3. The van der Waals surface area contributed by atoms with E-state index in [9.17, 15) is 0 Å². The normalized spacial score (nSPS) is 20.0. The molecule has 218 valence electrons. The van der Waals surface area contributed by atoms with Gasteiger partial charge >= 0.3 is 0 Å². The predicted molar refractivity (Wildman–Crippen MR) is 164 cm³/mol. The Morgan fingerprint density at radius 1 is 1.00 bits per heavy atom. The molecule has 2 aliphatic heterocycles. The van der Waals surface area contributed by atoms with Crippen LogP contribution in [0.15, 0.2) is 48.1 Å². The van der Waals surface area contributed by atoms with Crippen molar-refractivity contribution < 1.29 is 4.39 Å². The number of hydrogen-bond donors (Lipinski definition) is 2. The number of fused-ring (bicyclic) bond motifs is 2. The van der Waals surface area contributed by atoms with Crippen LogP contribution in [0, 0.1) is 17.7 Å². The molecule has 0 atom stereocenters. The Hall–Kier alpha value is -4.05. The van der Waals surface area contributed by atoms with Gasteiger partial charge in [0, 0.05) is 24.0 Å². The molecule has 2 aromatic heterocycles. The lowest BCUT2D eigenvalue weighted by atomic mass is 9.79. The lowest BCUT2D eigenvalue weighted by molar-refractivity contribution is 0.154. The van der Waals surface area contributed by atoms with Gasteiger partial charge in [-0.05, 0) is 112 Å². The Morgan fingerprint density at radius 3 is 2.57 bits per heavy atom. The van der Waals surface area contributed by atoms with Crippen LogP contribution in [-0.4, -0.2) is 63.1 Å². The van der Waals surface area contributed by atoms with Crippen LogP contribution < -0.4 is 26.5 Å². The molecule has 0 saturated carbocycles. The molecule has 2 saturated heterocycles. The van der Waals surface area contributed by atoms with Gasteiger partial charge in [0.25, 0.3) is 0 Å². The summed E-state index contributed by atoms with van der Waals surface area (Å²) in [5.41, 5.74) is 9.99. The summed E-state index contributed by atoms with van der Waals surface area (Å²) in [4.78, 5) is 8.97. The van der Waals surface area contributed by atoms with Gasteiger partial charge in [-0.2, -0.15) is 9.67 Å². The van der Waals surface area contributed by atoms with E-state index < -0.39 is 0 Å². The summed E-state index contributed by atoms with van der Waals surface area (Å²) < 4.78 is 16.8. The van der Waals surface area contributed by atoms with E-state index in [0.29, 0.717) is 17.2 Å². The fourth-order valence-electron chi connectivity index (χ4n) is 6.98. The highest BCUT2D eigenvalue weighted by Gasteiger charge is 2.29. The van der Waals surface area contributed by atoms with E-state index in [1.165, 1.54) is 47.8 Å². The predicted octanol–water partition coefficient (Wildman–Crippen LogP) is 3.69. The number of piperidine rings is 2. The number of halogens is 1. The van der Waals surface area contributed by atoms with E-state index in [1.807, 2.05) is 18.2 Å². The average Bonchev–Trinajstić information content (AvgIpc) is 3.26. The highest BCUT2D eigenvalue weighted by Crippen LogP contribution is 2.35. The standard InChI is InChI=1S/C32H38FN9/c1-40-15-11-21(12-16-40)22-13-17-41(18-14-22)28-10-9-25(20-27(28)33)35-32-36-31(34)42(39-32)29-19-24-7-4-6-23-5-2-3-8-26(23)30(24)38-37-29/h2-3,5,7,9-10,19-22H,4,6,8,11-18H2,1H3,(H3,34,35,36,39). The fraction of sp³-hybridized carbons (Fsp3) is 0.438. The van der Waals surface area contributed by atoms with Crippen LogP contribution in [0.4, 0.5) is 27.7 Å². The second-order valence-electron chi connectivity index (χ2n) is 12.0. The average molecular weight is 568 g/mol. The second kappa shape index (κ2) is 11.3. The lowest BCUT2D eigenvalue weighted by Crippen LogP contribution is -2.40. The van der Waals surface area contributed by atoms with Gasteiger partial charge in [0.05, 0.1) is 11.0 Å². The van der Waals surface area contributed by atoms with E-state index in [4.69, 9.17) is 5.73 Å². The van der Waals surface area contributed by atoms with Crippen molar-refractivity contribution in [2.24, 2.45) is 11.8 Å². The highest BCUT2D eigenvalue weighted by molar-refractivity contribution is 5.68. The molecule has 2 fully saturated rings. The van der Waals surface area contributed by atoms with E-state index >= 15 is 4.39 Å². The molecule has 3 aromatic rings. The molecule has 10 heteroatoms. The topological polar surface area (TPSA) is 101 Å². The van der Waals surface area contributed by atoms with Crippen LogP contribution in [0.1, 0.15) is 44.9 Å². The number of benzene rings is 1. The molecule has 3 N–H and O–H groups in total. The first-order valence-electron chi connectivity index (χ1n) is 15.2. The molecule has 0 amide bonds. The van der Waals surface area contributed by atoms with Gasteiger partial charge in [0.1, 0.15) is 5.82 Å². The number of anilines is 4. The number of nitrogens with two attached hydrogens (primary N) is 1. The molecule has 0 unspecified atom stereocenters. The third-order valence-electron chi connectivity index (χ3n) is 9.38. The van der Waals surface area contributed by atoms with Crippen molar-refractivity contribution >= 4 is 34.9 Å². The van der Waals surface area contributed by atoms with Gasteiger partial charge in [-0.1, -0.05) is 24.3 Å². The van der Waals surface area contributed by atoms with Crippen molar-refractivity contribution in [2.75, 3.05) is 49.2 Å². The zero-order chi connectivity index (χ0) is 28.6. The summed E-state index contributed by atoms with van der Waals surface area (Å²) in [6, 6.07) is 7.18. The van der Waals surface area contributed by atoms with Crippen LogP contribution in [0.5, 0.6) is 0 Å². The third-order valence-corrected chi connectivity index (χ3v) is 9.38. The van der Waals surface area contributed by atoms with Crippen molar-refractivity contribution in [3.63, 3.8) is 0 Å². The third kappa shape index (κ3) is 5.31. The minimum atomic E-state index is -0.249. The highest BCUT2D eigenvalue weighted by atomic mass is 19.1.